The second kappa shape index (κ2) is 11.6. The van der Waals surface area contributed by atoms with Crippen molar-refractivity contribution < 1.29 is 58.4 Å². The van der Waals surface area contributed by atoms with Crippen molar-refractivity contribution in [2.24, 2.45) is 0 Å². The van der Waals surface area contributed by atoms with Gasteiger partial charge in [-0.2, -0.15) is 0 Å². The number of ether oxygens (including phenoxy) is 6. The van der Waals surface area contributed by atoms with Crippen LogP contribution in [-0.2, 0) is 38.8 Å². The maximum atomic E-state index is 13.3. The van der Waals surface area contributed by atoms with Gasteiger partial charge in [-0.1, -0.05) is 13.0 Å². The lowest BCUT2D eigenvalue weighted by molar-refractivity contribution is -0.272. The van der Waals surface area contributed by atoms with Crippen molar-refractivity contribution in [3.05, 3.63) is 52.6 Å². The fourth-order valence-corrected chi connectivity index (χ4v) is 5.76. The van der Waals surface area contributed by atoms with Gasteiger partial charge in [-0.3, -0.25) is 4.79 Å². The number of esters is 2. The topological polar surface area (TPSA) is 170 Å². The molecule has 0 bridgehead atoms. The second-order valence-electron chi connectivity index (χ2n) is 10.7. The Morgan fingerprint density at radius 2 is 1.67 bits per heavy atom. The predicted molar refractivity (Wildman–Crippen MR) is 148 cm³/mol. The van der Waals surface area contributed by atoms with Gasteiger partial charge in [0, 0.05) is 22.9 Å². The Morgan fingerprint density at radius 3 is 2.40 bits per heavy atom. The molecule has 3 aromatic carbocycles. The van der Waals surface area contributed by atoms with E-state index in [2.05, 4.69) is 0 Å². The highest BCUT2D eigenvalue weighted by Crippen LogP contribution is 2.48. The molecular weight excluding hydrogens is 564 g/mol. The third-order valence-corrected chi connectivity index (χ3v) is 7.97. The van der Waals surface area contributed by atoms with Crippen molar-refractivity contribution in [1.29, 1.82) is 0 Å². The molecule has 0 aliphatic carbocycles. The summed E-state index contributed by atoms with van der Waals surface area (Å²) in [6, 6.07) is 8.56. The van der Waals surface area contributed by atoms with Gasteiger partial charge in [0.25, 0.3) is 0 Å². The number of benzene rings is 3. The summed E-state index contributed by atoms with van der Waals surface area (Å²) in [7, 11) is 0. The molecule has 6 rings (SSSR count). The van der Waals surface area contributed by atoms with E-state index < -0.39 is 49.3 Å². The van der Waals surface area contributed by atoms with Crippen molar-refractivity contribution in [2.75, 3.05) is 6.79 Å². The average Bonchev–Trinajstić information content (AvgIpc) is 3.63. The molecule has 3 aromatic rings. The molecule has 1 fully saturated rings. The van der Waals surface area contributed by atoms with E-state index in [0.717, 1.165) is 0 Å². The number of hydrogen-bond acceptors (Lipinski definition) is 12. The van der Waals surface area contributed by atoms with Gasteiger partial charge in [0.2, 0.25) is 13.1 Å². The molecule has 1 saturated heterocycles. The number of fused-ring (bicyclic) bond motifs is 3. The second-order valence-corrected chi connectivity index (χ2v) is 10.7. The summed E-state index contributed by atoms with van der Waals surface area (Å²) >= 11 is 0. The number of cyclic esters (lactones) is 1. The summed E-state index contributed by atoms with van der Waals surface area (Å²) in [5, 5.41) is 43.0. The first-order valence-electron chi connectivity index (χ1n) is 14.1. The van der Waals surface area contributed by atoms with Crippen LogP contribution in [0, 0.1) is 0 Å². The van der Waals surface area contributed by atoms with Crippen LogP contribution in [0.1, 0.15) is 53.7 Å². The Balaban J connectivity index is 1.52. The Kier molecular flexibility index (Phi) is 7.88. The molecule has 3 aliphatic heterocycles. The van der Waals surface area contributed by atoms with Gasteiger partial charge in [0.05, 0.1) is 24.9 Å². The summed E-state index contributed by atoms with van der Waals surface area (Å²) in [6.45, 7) is 2.50. The van der Waals surface area contributed by atoms with Crippen LogP contribution in [0.5, 0.6) is 17.2 Å². The van der Waals surface area contributed by atoms with Crippen LogP contribution in [-0.4, -0.2) is 69.9 Å². The van der Waals surface area contributed by atoms with Gasteiger partial charge in [-0.05, 0) is 59.7 Å². The normalized spacial score (nSPS) is 24.1. The van der Waals surface area contributed by atoms with Crippen molar-refractivity contribution in [3.63, 3.8) is 0 Å². The number of aliphatic hydroxyl groups excluding tert-OH is 4. The van der Waals surface area contributed by atoms with Crippen molar-refractivity contribution in [1.82, 2.24) is 0 Å². The molecule has 3 heterocycles. The van der Waals surface area contributed by atoms with Crippen LogP contribution >= 0.6 is 0 Å². The maximum Gasteiger partial charge on any atom is 0.339 e. The lowest BCUT2D eigenvalue weighted by Crippen LogP contribution is -2.59. The molecule has 4 N–H and O–H groups in total. The molecule has 0 saturated carbocycles. The van der Waals surface area contributed by atoms with E-state index in [1.54, 1.807) is 44.2 Å². The van der Waals surface area contributed by atoms with Crippen LogP contribution in [0.2, 0.25) is 0 Å². The predicted octanol–water partition coefficient (Wildman–Crippen LogP) is 2.45. The molecule has 0 amide bonds. The molecule has 3 aliphatic rings. The zero-order valence-corrected chi connectivity index (χ0v) is 23.6. The summed E-state index contributed by atoms with van der Waals surface area (Å²) in [5.74, 6) is 0.00781. The lowest BCUT2D eigenvalue weighted by atomic mass is 9.87. The molecule has 0 radical (unpaired) electrons. The number of aliphatic hydroxyl groups is 4. The lowest BCUT2D eigenvalue weighted by Gasteiger charge is -2.41. The minimum absolute atomic E-state index is 0.0621. The molecule has 0 aromatic heterocycles. The first-order chi connectivity index (χ1) is 20.7. The molecule has 0 spiro atoms. The van der Waals surface area contributed by atoms with Gasteiger partial charge in [-0.25, -0.2) is 4.79 Å². The standard InChI is InChI=1S/C31H32O12/c1-3-4-23(34)42-29-26(35)14(2)41-31(27(29)36)43-28-19-8-17(11-33)16(10-32)7-18(19)24(25-20(28)12-38-30(25)37)15-5-6-21-22(9-15)40-13-39-21/h5-9,14,26-27,29,31-33,35-36H,3-4,10-13H2,1-2H3/t14-,26-,27-,29+,31?/m1/s1. The van der Waals surface area contributed by atoms with E-state index in [-0.39, 0.29) is 37.7 Å². The van der Waals surface area contributed by atoms with Crippen LogP contribution in [0.15, 0.2) is 30.3 Å². The van der Waals surface area contributed by atoms with Gasteiger partial charge >= 0.3 is 11.9 Å². The van der Waals surface area contributed by atoms with Gasteiger partial charge < -0.3 is 48.8 Å². The van der Waals surface area contributed by atoms with Gasteiger partial charge in [0.15, 0.2) is 23.7 Å². The number of rotatable bonds is 8. The molecule has 12 nitrogen and oxygen atoms in total. The zero-order valence-electron chi connectivity index (χ0n) is 23.6. The Labute approximate surface area is 246 Å². The summed E-state index contributed by atoms with van der Waals surface area (Å²) in [6.07, 6.45) is -5.89. The quantitative estimate of drug-likeness (QED) is 0.281. The van der Waals surface area contributed by atoms with E-state index in [9.17, 15) is 30.0 Å². The van der Waals surface area contributed by atoms with Gasteiger partial charge in [-0.15, -0.1) is 0 Å². The highest BCUT2D eigenvalue weighted by atomic mass is 16.7. The highest BCUT2D eigenvalue weighted by Gasteiger charge is 2.47. The number of hydrogen-bond donors (Lipinski definition) is 4. The van der Waals surface area contributed by atoms with Crippen molar-refractivity contribution >= 4 is 22.7 Å². The highest BCUT2D eigenvalue weighted by molar-refractivity contribution is 6.13. The Morgan fingerprint density at radius 1 is 0.953 bits per heavy atom. The monoisotopic (exact) mass is 596 g/mol. The number of carbonyl (C=O) groups is 2. The van der Waals surface area contributed by atoms with E-state index in [4.69, 9.17) is 28.4 Å². The minimum Gasteiger partial charge on any atom is -0.461 e. The molecule has 43 heavy (non-hydrogen) atoms. The van der Waals surface area contributed by atoms with Crippen LogP contribution < -0.4 is 14.2 Å². The average molecular weight is 597 g/mol. The third kappa shape index (κ3) is 5.04. The number of carbonyl (C=O) groups excluding carboxylic acids is 2. The first kappa shape index (κ1) is 29.1. The van der Waals surface area contributed by atoms with Crippen molar-refractivity contribution in [2.45, 2.75) is 77.2 Å². The molecule has 12 heteroatoms. The van der Waals surface area contributed by atoms with Crippen LogP contribution in [0.3, 0.4) is 0 Å². The van der Waals surface area contributed by atoms with Crippen LogP contribution in [0.25, 0.3) is 21.9 Å². The van der Waals surface area contributed by atoms with Gasteiger partial charge in [0.1, 0.15) is 18.5 Å². The largest absolute Gasteiger partial charge is 0.461 e. The third-order valence-electron chi connectivity index (χ3n) is 7.97. The van der Waals surface area contributed by atoms with E-state index in [1.807, 2.05) is 0 Å². The molecule has 5 atom stereocenters. The minimum atomic E-state index is -1.58. The SMILES string of the molecule is CCCC(=O)O[C@H]1[C@H](O)[C@@H](C)OC(Oc2c3c(c(-c4ccc5c(c4)OCO5)c4cc(CO)c(CO)cc24)C(=O)OC3)[C@@H]1O. The Hall–Kier alpha value is -3.94. The van der Waals surface area contributed by atoms with E-state index in [1.165, 1.54) is 0 Å². The Bertz CT molecular complexity index is 1580. The maximum absolute atomic E-state index is 13.3. The van der Waals surface area contributed by atoms with Crippen molar-refractivity contribution in [3.8, 4) is 28.4 Å². The molecule has 1 unspecified atom stereocenters. The summed E-state index contributed by atoms with van der Waals surface area (Å²) in [4.78, 5) is 25.5. The fourth-order valence-electron chi connectivity index (χ4n) is 5.76. The fraction of sp³-hybridized carbons (Fsp3) is 0.419. The summed E-state index contributed by atoms with van der Waals surface area (Å²) < 4.78 is 34.0. The molecule has 228 valence electrons. The molecular formula is C31H32O12. The van der Waals surface area contributed by atoms with E-state index in [0.29, 0.717) is 56.5 Å². The summed E-state index contributed by atoms with van der Waals surface area (Å²) in [5.41, 5.74) is 2.55. The first-order valence-corrected chi connectivity index (χ1v) is 14.1. The zero-order chi connectivity index (χ0) is 30.4. The van der Waals surface area contributed by atoms with E-state index >= 15 is 0 Å². The van der Waals surface area contributed by atoms with Crippen LogP contribution in [0.4, 0.5) is 0 Å². The smallest absolute Gasteiger partial charge is 0.339 e.